The van der Waals surface area contributed by atoms with Gasteiger partial charge in [-0.25, -0.2) is 57.7 Å². The lowest BCUT2D eigenvalue weighted by Crippen LogP contribution is -2.26. The summed E-state index contributed by atoms with van der Waals surface area (Å²) in [7, 11) is 1.30. The van der Waals surface area contributed by atoms with Crippen molar-refractivity contribution in [3.05, 3.63) is 379 Å². The van der Waals surface area contributed by atoms with E-state index in [0.29, 0.717) is 69.1 Å². The molecule has 145 heavy (non-hydrogen) atoms. The number of methoxy groups -OCH3 is 3. The summed E-state index contributed by atoms with van der Waals surface area (Å²) >= 11 is 6.46. The van der Waals surface area contributed by atoms with Crippen molar-refractivity contribution < 1.29 is 105 Å². The maximum absolute atomic E-state index is 13.5. The zero-order valence-corrected chi connectivity index (χ0v) is 87.9. The molecule has 22 nitrogen and oxygen atoms in total. The molecule has 776 valence electrons. The Bertz CT molecular complexity index is 7100. The summed E-state index contributed by atoms with van der Waals surface area (Å²) in [6.07, 6.45) is -5.26. The monoisotopic (exact) mass is 2220 g/mol. The minimum atomic E-state index is -4.39. The van der Waals surface area contributed by atoms with E-state index in [1.165, 1.54) is 108 Å². The number of aryl methyl sites for hydroxylation is 4. The molecule has 0 saturated carbocycles. The number of hydrogen-bond acceptors (Lipinski definition) is 15. The fraction of sp³-hybridized carbons (Fsp3) is 0.279. The molecular weight excluding hydrogens is 2110 g/mol. The van der Waals surface area contributed by atoms with Crippen LogP contribution in [0.5, 0.6) is 17.2 Å². The fourth-order valence-electron chi connectivity index (χ4n) is 14.6. The molecule has 0 aliphatic heterocycles. The van der Waals surface area contributed by atoms with Crippen molar-refractivity contribution in [3.63, 3.8) is 0 Å². The lowest BCUT2D eigenvalue weighted by atomic mass is 9.90. The molecule has 0 aliphatic carbocycles. The van der Waals surface area contributed by atoms with Crippen LogP contribution < -0.4 is 24.7 Å². The van der Waals surface area contributed by atoms with Crippen LogP contribution in [0.3, 0.4) is 0 Å². The van der Waals surface area contributed by atoms with Crippen molar-refractivity contribution in [1.29, 1.82) is 0 Å². The van der Waals surface area contributed by atoms with Gasteiger partial charge >= 0.3 is 24.7 Å². The number of ether oxygens (including phenoxy) is 3. The molecule has 3 aromatic heterocycles. The smallest absolute Gasteiger partial charge is 0.416 e. The molecule has 0 fully saturated rings. The highest BCUT2D eigenvalue weighted by molar-refractivity contribution is 9.10. The number of hydrogen-bond donors (Lipinski definition) is 2. The summed E-state index contributed by atoms with van der Waals surface area (Å²) in [6, 6.07) is 59.8. The number of alkyl halides is 12. The topological polar surface area (TPSA) is 265 Å². The third-order valence-corrected chi connectivity index (χ3v) is 31.2. The number of benzene rings is 11. The predicted octanol–water partition coefficient (Wildman–Crippen LogP) is 24.2. The normalized spacial score (nSPS) is 12.9. The van der Waals surface area contributed by atoms with Gasteiger partial charge in [-0.3, -0.25) is 0 Å². The third kappa shape index (κ3) is 33.1. The number of nitrogens with one attached hydrogen (secondary N) is 1. The first-order valence-corrected chi connectivity index (χ1v) is 51.8. The Morgan fingerprint density at radius 3 is 0.910 bits per heavy atom. The Morgan fingerprint density at radius 1 is 0.372 bits per heavy atom. The van der Waals surface area contributed by atoms with Gasteiger partial charge in [-0.2, -0.15) is 65.6 Å². The van der Waals surface area contributed by atoms with Gasteiger partial charge in [0.2, 0.25) is 40.1 Å². The van der Waals surface area contributed by atoms with Gasteiger partial charge in [-0.05, 0) is 269 Å². The van der Waals surface area contributed by atoms with Crippen molar-refractivity contribution in [1.82, 2.24) is 46.3 Å². The van der Waals surface area contributed by atoms with Gasteiger partial charge in [0.15, 0.2) is 0 Å². The zero-order valence-electron chi connectivity index (χ0n) is 81.5. The van der Waals surface area contributed by atoms with Crippen LogP contribution >= 0.6 is 31.9 Å². The standard InChI is InChI=1S/C29H30F3N3O3S.C25H25BrF3NO3S.C21H22F3N3O2S.C15H15BrFNO3S.C9H10F3N.C5H8N2/c1-20(22-7-10-24(11-8-22)29(30,31)32)15-23-9-14-26(16-27(23)28-18-34(2)19-33-28)39(36,37)35(3)17-21-5-12-25(38-4)13-6-21;1-17(19-6-9-21(10-7-19)25(27,28)29)14-20-8-13-23(15-24(20)26)34(31,32)30(2)16-18-4-11-22(33-3)12-5-18;1-14(15-4-7-17(8-5-15)21(22,23)24)10-16-6-9-18(30(28,29)25-2)11-19(16)20-12-27(3)13-26-20;1-18(10-11-3-5-12(21-2)6-4-11)22(19,20)13-7-8-15(17)14(16)9-13;1-6(13)7-2-4-8(5-3-7)9(10,11)12;1-5-3-7(2)4-6-5/h5-14,16,18-20H,15,17H2,1-4H3;4-13,15,17H,14,16H2,1-3H3;4-9,11-14,25H,10H2,1-3H3;3-9H,10H2,1-2H3;2-6H,13H2,1H3;3-4H,1-2H3/t20-;17-;14-;;6-;/m111.0./s1. The zero-order chi connectivity index (χ0) is 107. The van der Waals surface area contributed by atoms with E-state index in [1.54, 1.807) is 166 Å². The summed E-state index contributed by atoms with van der Waals surface area (Å²) in [5.74, 6) is 1.33. The summed E-state index contributed by atoms with van der Waals surface area (Å²) in [6.45, 7) is 10.1. The molecule has 14 rings (SSSR count). The molecule has 0 saturated heterocycles. The Balaban J connectivity index is 0.000000204. The predicted molar refractivity (Wildman–Crippen MR) is 539 cm³/mol. The van der Waals surface area contributed by atoms with Crippen molar-refractivity contribution in [2.24, 2.45) is 26.9 Å². The van der Waals surface area contributed by atoms with E-state index in [1.807, 2.05) is 83.9 Å². The fourth-order valence-corrected chi connectivity index (χ4v) is 20.1. The number of nitrogens with two attached hydrogens (primary N) is 1. The summed E-state index contributed by atoms with van der Waals surface area (Å²) in [4.78, 5) is 13.2. The molecule has 0 amide bonds. The van der Waals surface area contributed by atoms with Crippen LogP contribution in [0.2, 0.25) is 0 Å². The van der Waals surface area contributed by atoms with E-state index in [9.17, 15) is 90.7 Å². The summed E-state index contributed by atoms with van der Waals surface area (Å²) in [5, 5.41) is 0. The first-order chi connectivity index (χ1) is 67.8. The van der Waals surface area contributed by atoms with Gasteiger partial charge in [0.25, 0.3) is 0 Å². The molecule has 0 unspecified atom stereocenters. The molecule has 0 bridgehead atoms. The lowest BCUT2D eigenvalue weighted by molar-refractivity contribution is -0.138. The average molecular weight is 2230 g/mol. The summed E-state index contributed by atoms with van der Waals surface area (Å²) < 4.78 is 296. The second-order valence-corrected chi connectivity index (χ2v) is 43.8. The molecule has 0 radical (unpaired) electrons. The van der Waals surface area contributed by atoms with Gasteiger partial charge in [0, 0.05) is 102 Å². The second kappa shape index (κ2) is 50.5. The molecule has 11 aromatic carbocycles. The molecule has 14 aromatic rings. The highest BCUT2D eigenvalue weighted by Gasteiger charge is 2.35. The lowest BCUT2D eigenvalue weighted by Gasteiger charge is -2.20. The van der Waals surface area contributed by atoms with Crippen LogP contribution in [0.1, 0.15) is 135 Å². The van der Waals surface area contributed by atoms with E-state index >= 15 is 0 Å². The van der Waals surface area contributed by atoms with Gasteiger partial charge < -0.3 is 33.6 Å². The van der Waals surface area contributed by atoms with Crippen LogP contribution in [-0.4, -0.2) is 125 Å². The SMILES string of the molecule is CNS(=O)(=O)c1ccc(C[C@@H](C)c2ccc(C(F)(F)F)cc2)c(-c2cn(C)cn2)c1.COc1ccc(CN(C)S(=O)(=O)c2ccc(C[C@@H](C)c3ccc(C(F)(F)F)cc3)c(-c3cn(C)cn3)c2)cc1.COc1ccc(CN(C)S(=O)(=O)c2ccc(C[C@@H](C)c3ccc(C(F)(F)F)cc3)c(Br)c2)cc1.COc1ccc(CN(C)S(=O)(=O)c2ccc(F)c(Br)c2)cc1.C[C@H](N)c1ccc(C(F)(F)F)cc1.Cc1cn(C)cn1. The molecular formula is C104H110Br2F13N11O11S4. The Kier molecular flexibility index (Phi) is 40.6. The van der Waals surface area contributed by atoms with Crippen LogP contribution in [0.15, 0.2) is 309 Å². The van der Waals surface area contributed by atoms with Crippen LogP contribution in [0, 0.1) is 12.7 Å². The van der Waals surface area contributed by atoms with E-state index in [2.05, 4.69) is 51.5 Å². The first kappa shape index (κ1) is 117. The van der Waals surface area contributed by atoms with Crippen LogP contribution in [0.4, 0.5) is 57.1 Å². The maximum atomic E-state index is 13.5. The van der Waals surface area contributed by atoms with E-state index in [0.717, 1.165) is 110 Å². The van der Waals surface area contributed by atoms with Gasteiger partial charge in [0.1, 0.15) is 23.1 Å². The number of halogens is 15. The largest absolute Gasteiger partial charge is 0.497 e. The third-order valence-electron chi connectivity index (χ3n) is 23.0. The number of sulfonamides is 4. The summed E-state index contributed by atoms with van der Waals surface area (Å²) in [5.41, 5.74) is 14.5. The van der Waals surface area contributed by atoms with Crippen molar-refractivity contribution in [2.45, 2.75) is 142 Å². The van der Waals surface area contributed by atoms with Gasteiger partial charge in [0.05, 0.1) is 104 Å². The first-order valence-electron chi connectivity index (χ1n) is 44.4. The molecule has 3 heterocycles. The Morgan fingerprint density at radius 2 is 0.648 bits per heavy atom. The van der Waals surface area contributed by atoms with E-state index in [4.69, 9.17) is 19.9 Å². The van der Waals surface area contributed by atoms with Crippen molar-refractivity contribution in [3.8, 4) is 39.8 Å². The molecule has 41 heteroatoms. The average Bonchev–Trinajstić information content (AvgIpc) is 1.75. The minimum Gasteiger partial charge on any atom is -0.497 e. The van der Waals surface area contributed by atoms with Gasteiger partial charge in [-0.1, -0.05) is 140 Å². The van der Waals surface area contributed by atoms with E-state index in [-0.39, 0.29) is 67.5 Å². The number of rotatable bonds is 29. The second-order valence-electron chi connectivity index (χ2n) is 34.1. The van der Waals surface area contributed by atoms with Crippen molar-refractivity contribution >= 4 is 72.0 Å². The maximum Gasteiger partial charge on any atom is 0.416 e. The molecule has 0 spiro atoms. The molecule has 4 atom stereocenters. The number of aromatic nitrogens is 6. The number of nitrogens with zero attached hydrogens (tertiary/aromatic N) is 9. The van der Waals surface area contributed by atoms with Crippen LogP contribution in [-0.2, 0) is 125 Å². The molecule has 0 aliphatic rings. The van der Waals surface area contributed by atoms with Crippen LogP contribution in [0.25, 0.3) is 22.5 Å². The van der Waals surface area contributed by atoms with Gasteiger partial charge in [-0.15, -0.1) is 0 Å². The highest BCUT2D eigenvalue weighted by Crippen LogP contribution is 2.40. The highest BCUT2D eigenvalue weighted by atomic mass is 79.9. The van der Waals surface area contributed by atoms with E-state index < -0.39 is 92.9 Å². The minimum absolute atomic E-state index is 0.0387. The number of imidazole rings is 3. The van der Waals surface area contributed by atoms with Crippen molar-refractivity contribution in [2.75, 3.05) is 49.5 Å². The Hall–Kier alpha value is -11.9. The Labute approximate surface area is 853 Å². The quantitative estimate of drug-likeness (QED) is 0.0413. The molecule has 3 N–H and O–H groups in total.